The Kier molecular flexibility index (Phi) is 4.74. The molecule has 0 aromatic rings. The van der Waals surface area contributed by atoms with Crippen LogP contribution >= 0.6 is 0 Å². The maximum atomic E-state index is 11.6. The van der Waals surface area contributed by atoms with Gasteiger partial charge >= 0.3 is 5.97 Å². The number of ether oxygens (including phenoxy) is 2. The van der Waals surface area contributed by atoms with Gasteiger partial charge in [0.05, 0.1) is 18.6 Å². The van der Waals surface area contributed by atoms with Gasteiger partial charge < -0.3 is 9.47 Å². The van der Waals surface area contributed by atoms with Crippen LogP contribution in [0.2, 0.25) is 0 Å². The van der Waals surface area contributed by atoms with Crippen molar-refractivity contribution in [1.82, 2.24) is 4.90 Å². The molecule has 1 heterocycles. The van der Waals surface area contributed by atoms with Gasteiger partial charge in [-0.1, -0.05) is 0 Å². The molecule has 94 valence electrons. The van der Waals surface area contributed by atoms with Crippen molar-refractivity contribution in [3.05, 3.63) is 0 Å². The van der Waals surface area contributed by atoms with Crippen molar-refractivity contribution in [2.75, 3.05) is 33.9 Å². The molecule has 4 nitrogen and oxygen atoms in total. The van der Waals surface area contributed by atoms with Gasteiger partial charge in [0.15, 0.2) is 0 Å². The molecule has 1 atom stereocenters. The first-order valence-corrected chi connectivity index (χ1v) is 5.83. The highest BCUT2D eigenvalue weighted by molar-refractivity contribution is 5.76. The summed E-state index contributed by atoms with van der Waals surface area (Å²) in [7, 11) is 3.19. The van der Waals surface area contributed by atoms with Crippen molar-refractivity contribution in [2.45, 2.75) is 32.8 Å². The second kappa shape index (κ2) is 5.64. The van der Waals surface area contributed by atoms with Crippen LogP contribution in [0.15, 0.2) is 0 Å². The van der Waals surface area contributed by atoms with Gasteiger partial charge in [-0.15, -0.1) is 0 Å². The second-order valence-corrected chi connectivity index (χ2v) is 5.11. The Bertz CT molecular complexity index is 240. The zero-order chi connectivity index (χ0) is 12.2. The molecule has 0 aromatic heterocycles. The third-order valence-corrected chi connectivity index (χ3v) is 3.15. The van der Waals surface area contributed by atoms with E-state index in [9.17, 15) is 4.79 Å². The minimum absolute atomic E-state index is 0.146. The van der Waals surface area contributed by atoms with Crippen molar-refractivity contribution in [2.24, 2.45) is 5.41 Å². The van der Waals surface area contributed by atoms with Gasteiger partial charge in [0.1, 0.15) is 0 Å². The molecule has 1 fully saturated rings. The zero-order valence-electron chi connectivity index (χ0n) is 10.8. The average molecular weight is 229 g/mol. The summed E-state index contributed by atoms with van der Waals surface area (Å²) in [6.07, 6.45) is 2.56. The summed E-state index contributed by atoms with van der Waals surface area (Å²) in [6.45, 7) is 6.54. The first-order chi connectivity index (χ1) is 7.49. The lowest BCUT2D eigenvalue weighted by molar-refractivity contribution is -0.152. The molecule has 0 saturated carbocycles. The van der Waals surface area contributed by atoms with Crippen LogP contribution in [0.5, 0.6) is 0 Å². The summed E-state index contributed by atoms with van der Waals surface area (Å²) < 4.78 is 10.2. The number of carbonyl (C=O) groups excluding carboxylic acids is 1. The number of likely N-dealkylation sites (tertiary alicyclic amines) is 1. The van der Waals surface area contributed by atoms with Crippen LogP contribution in [0.1, 0.15) is 26.7 Å². The summed E-state index contributed by atoms with van der Waals surface area (Å²) in [6, 6.07) is 0. The fraction of sp³-hybridized carbons (Fsp3) is 0.917. The molecule has 0 bridgehead atoms. The van der Waals surface area contributed by atoms with Crippen molar-refractivity contribution in [3.8, 4) is 0 Å². The van der Waals surface area contributed by atoms with Crippen LogP contribution < -0.4 is 0 Å². The molecule has 0 aliphatic carbocycles. The number of rotatable bonds is 4. The molecule has 0 amide bonds. The van der Waals surface area contributed by atoms with Gasteiger partial charge in [-0.2, -0.15) is 0 Å². The largest absolute Gasteiger partial charge is 0.469 e. The SMILES string of the molecule is COC(=O)C(C)(C)CN1CCCC(OC)C1. The quantitative estimate of drug-likeness (QED) is 0.681. The molecular formula is C12H23NO3. The van der Waals surface area contributed by atoms with Gasteiger partial charge in [0.25, 0.3) is 0 Å². The van der Waals surface area contributed by atoms with E-state index in [-0.39, 0.29) is 5.97 Å². The highest BCUT2D eigenvalue weighted by atomic mass is 16.5. The highest BCUT2D eigenvalue weighted by Gasteiger charge is 2.32. The molecule has 0 radical (unpaired) electrons. The third-order valence-electron chi connectivity index (χ3n) is 3.15. The van der Waals surface area contributed by atoms with E-state index >= 15 is 0 Å². The molecular weight excluding hydrogens is 206 g/mol. The van der Waals surface area contributed by atoms with Crippen LogP contribution in [-0.2, 0) is 14.3 Å². The summed E-state index contributed by atoms with van der Waals surface area (Å²) in [5.74, 6) is -0.146. The molecule has 0 spiro atoms. The van der Waals surface area contributed by atoms with Gasteiger partial charge in [-0.25, -0.2) is 0 Å². The van der Waals surface area contributed by atoms with Crippen LogP contribution in [0.4, 0.5) is 0 Å². The van der Waals surface area contributed by atoms with Gasteiger partial charge in [0, 0.05) is 20.2 Å². The highest BCUT2D eigenvalue weighted by Crippen LogP contribution is 2.22. The molecule has 1 rings (SSSR count). The van der Waals surface area contributed by atoms with Crippen LogP contribution in [0, 0.1) is 5.41 Å². The number of carbonyl (C=O) groups is 1. The second-order valence-electron chi connectivity index (χ2n) is 5.11. The van der Waals surface area contributed by atoms with Crippen LogP contribution in [0.3, 0.4) is 0 Å². The molecule has 16 heavy (non-hydrogen) atoms. The van der Waals surface area contributed by atoms with E-state index in [1.54, 1.807) is 7.11 Å². The number of nitrogens with zero attached hydrogens (tertiary/aromatic N) is 1. The number of hydrogen-bond acceptors (Lipinski definition) is 4. The number of methoxy groups -OCH3 is 2. The Hall–Kier alpha value is -0.610. The standard InChI is InChI=1S/C12H23NO3/c1-12(2,11(14)16-4)9-13-7-5-6-10(8-13)15-3/h10H,5-9H2,1-4H3. The Morgan fingerprint density at radius 2 is 2.12 bits per heavy atom. The first-order valence-electron chi connectivity index (χ1n) is 5.83. The monoisotopic (exact) mass is 229 g/mol. The summed E-state index contributed by atoms with van der Waals surface area (Å²) >= 11 is 0. The topological polar surface area (TPSA) is 38.8 Å². The lowest BCUT2D eigenvalue weighted by Crippen LogP contribution is -2.46. The Morgan fingerprint density at radius 1 is 1.44 bits per heavy atom. The Balaban J connectivity index is 2.49. The Morgan fingerprint density at radius 3 is 2.69 bits per heavy atom. The molecule has 1 aliphatic heterocycles. The van der Waals surface area contributed by atoms with E-state index in [4.69, 9.17) is 9.47 Å². The van der Waals surface area contributed by atoms with Crippen molar-refractivity contribution < 1.29 is 14.3 Å². The minimum atomic E-state index is -0.440. The van der Waals surface area contributed by atoms with E-state index in [2.05, 4.69) is 4.90 Å². The molecule has 4 heteroatoms. The summed E-state index contributed by atoms with van der Waals surface area (Å²) in [5.41, 5.74) is -0.440. The van der Waals surface area contributed by atoms with Crippen molar-refractivity contribution in [3.63, 3.8) is 0 Å². The lowest BCUT2D eigenvalue weighted by Gasteiger charge is -2.36. The minimum Gasteiger partial charge on any atom is -0.469 e. The van der Waals surface area contributed by atoms with E-state index in [0.29, 0.717) is 6.10 Å². The molecule has 0 N–H and O–H groups in total. The lowest BCUT2D eigenvalue weighted by atomic mass is 9.92. The van der Waals surface area contributed by atoms with E-state index in [1.807, 2.05) is 13.8 Å². The van der Waals surface area contributed by atoms with Crippen LogP contribution in [-0.4, -0.2) is 50.8 Å². The summed E-state index contributed by atoms with van der Waals surface area (Å²) in [4.78, 5) is 13.9. The average Bonchev–Trinajstić information content (AvgIpc) is 2.27. The van der Waals surface area contributed by atoms with Crippen LogP contribution in [0.25, 0.3) is 0 Å². The fourth-order valence-electron chi connectivity index (χ4n) is 2.25. The molecule has 0 aromatic carbocycles. The van der Waals surface area contributed by atoms with Gasteiger partial charge in [-0.3, -0.25) is 9.69 Å². The van der Waals surface area contributed by atoms with E-state index in [0.717, 1.165) is 32.5 Å². The first kappa shape index (κ1) is 13.5. The van der Waals surface area contributed by atoms with Gasteiger partial charge in [0.2, 0.25) is 0 Å². The summed E-state index contributed by atoms with van der Waals surface area (Å²) in [5, 5.41) is 0. The zero-order valence-corrected chi connectivity index (χ0v) is 10.8. The number of esters is 1. The predicted molar refractivity (Wildman–Crippen MR) is 62.3 cm³/mol. The molecule has 1 unspecified atom stereocenters. The predicted octanol–water partition coefficient (Wildman–Crippen LogP) is 1.30. The van der Waals surface area contributed by atoms with Crippen molar-refractivity contribution >= 4 is 5.97 Å². The maximum Gasteiger partial charge on any atom is 0.312 e. The number of piperidine rings is 1. The normalized spacial score (nSPS) is 23.1. The van der Waals surface area contributed by atoms with E-state index < -0.39 is 5.41 Å². The molecule has 1 saturated heterocycles. The molecule has 1 aliphatic rings. The van der Waals surface area contributed by atoms with E-state index in [1.165, 1.54) is 7.11 Å². The third kappa shape index (κ3) is 3.46. The maximum absolute atomic E-state index is 11.6. The number of hydrogen-bond donors (Lipinski definition) is 0. The van der Waals surface area contributed by atoms with Crippen molar-refractivity contribution in [1.29, 1.82) is 0 Å². The fourth-order valence-corrected chi connectivity index (χ4v) is 2.25. The smallest absolute Gasteiger partial charge is 0.312 e. The Labute approximate surface area is 97.9 Å². The van der Waals surface area contributed by atoms with Gasteiger partial charge in [-0.05, 0) is 33.2 Å².